The molecule has 2 aromatic rings. The third-order valence-corrected chi connectivity index (χ3v) is 3.10. The van der Waals surface area contributed by atoms with Gasteiger partial charge in [-0.2, -0.15) is 4.68 Å². The number of nitrogens with one attached hydrogen (secondary N) is 1. The molecular weight excluding hydrogens is 257 g/mol. The summed E-state index contributed by atoms with van der Waals surface area (Å²) in [7, 11) is 0. The molecule has 5 nitrogen and oxygen atoms in total. The number of tetrazole rings is 1. The first-order chi connectivity index (χ1) is 8.74. The molecule has 1 saturated carbocycles. The molecule has 0 unspecified atom stereocenters. The van der Waals surface area contributed by atoms with Crippen LogP contribution in [0, 0.1) is 5.82 Å². The molecule has 3 rings (SSSR count). The zero-order valence-corrected chi connectivity index (χ0v) is 10.2. The van der Waals surface area contributed by atoms with Crippen LogP contribution in [0.3, 0.4) is 0 Å². The highest BCUT2D eigenvalue weighted by Crippen LogP contribution is 2.20. The minimum atomic E-state index is -0.453. The monoisotopic (exact) mass is 267 g/mol. The van der Waals surface area contributed by atoms with Crippen molar-refractivity contribution in [3.8, 4) is 5.69 Å². The Hall–Kier alpha value is -1.53. The highest BCUT2D eigenvalue weighted by molar-refractivity contribution is 6.30. The second-order valence-corrected chi connectivity index (χ2v) is 4.67. The van der Waals surface area contributed by atoms with Gasteiger partial charge in [-0.25, -0.2) is 4.39 Å². The number of benzene rings is 1. The molecule has 0 bridgehead atoms. The summed E-state index contributed by atoms with van der Waals surface area (Å²) in [6.07, 6.45) is 2.40. The average Bonchev–Trinajstić information content (AvgIpc) is 3.08. The van der Waals surface area contributed by atoms with Crippen molar-refractivity contribution in [2.24, 2.45) is 0 Å². The molecule has 1 heterocycles. The molecule has 7 heteroatoms. The molecule has 1 aromatic heterocycles. The second-order valence-electron chi connectivity index (χ2n) is 4.26. The Morgan fingerprint density at radius 3 is 3.00 bits per heavy atom. The van der Waals surface area contributed by atoms with E-state index in [1.807, 2.05) is 0 Å². The van der Waals surface area contributed by atoms with E-state index in [1.165, 1.54) is 25.0 Å². The summed E-state index contributed by atoms with van der Waals surface area (Å²) in [6, 6.07) is 4.98. The van der Waals surface area contributed by atoms with Gasteiger partial charge in [-0.1, -0.05) is 11.6 Å². The van der Waals surface area contributed by atoms with Crippen molar-refractivity contribution in [1.82, 2.24) is 25.5 Å². The molecular formula is C11H11ClFN5. The Labute approximate surface area is 108 Å². The van der Waals surface area contributed by atoms with Gasteiger partial charge in [0.2, 0.25) is 0 Å². The molecule has 1 fully saturated rings. The maximum Gasteiger partial charge on any atom is 0.170 e. The van der Waals surface area contributed by atoms with Gasteiger partial charge in [0, 0.05) is 6.04 Å². The largest absolute Gasteiger partial charge is 0.307 e. The van der Waals surface area contributed by atoms with Gasteiger partial charge >= 0.3 is 0 Å². The maximum atomic E-state index is 13.1. The van der Waals surface area contributed by atoms with Crippen LogP contribution in [0.1, 0.15) is 18.7 Å². The summed E-state index contributed by atoms with van der Waals surface area (Å²) in [5, 5.41) is 14.9. The van der Waals surface area contributed by atoms with Gasteiger partial charge in [-0.05, 0) is 41.5 Å². The molecule has 18 heavy (non-hydrogen) atoms. The first kappa shape index (κ1) is 11.6. The van der Waals surface area contributed by atoms with Crippen molar-refractivity contribution in [3.63, 3.8) is 0 Å². The number of halogens is 2. The average molecular weight is 268 g/mol. The Kier molecular flexibility index (Phi) is 2.97. The van der Waals surface area contributed by atoms with Crippen molar-refractivity contribution in [2.45, 2.75) is 25.4 Å². The molecule has 0 spiro atoms. The van der Waals surface area contributed by atoms with Gasteiger partial charge in [-0.3, -0.25) is 0 Å². The van der Waals surface area contributed by atoms with E-state index in [9.17, 15) is 4.39 Å². The van der Waals surface area contributed by atoms with Crippen molar-refractivity contribution in [3.05, 3.63) is 34.9 Å². The highest BCUT2D eigenvalue weighted by atomic mass is 35.5. The van der Waals surface area contributed by atoms with Crippen molar-refractivity contribution in [1.29, 1.82) is 0 Å². The van der Waals surface area contributed by atoms with Gasteiger partial charge in [0.1, 0.15) is 5.82 Å². The van der Waals surface area contributed by atoms with Gasteiger partial charge in [0.05, 0.1) is 17.3 Å². The molecule has 1 aliphatic rings. The molecule has 0 amide bonds. The number of nitrogens with zero attached hydrogens (tertiary/aromatic N) is 4. The van der Waals surface area contributed by atoms with E-state index in [0.717, 1.165) is 0 Å². The summed E-state index contributed by atoms with van der Waals surface area (Å²) in [5.41, 5.74) is 0.652. The number of aromatic nitrogens is 4. The second kappa shape index (κ2) is 4.62. The van der Waals surface area contributed by atoms with Gasteiger partial charge < -0.3 is 5.32 Å². The number of hydrogen-bond donors (Lipinski definition) is 1. The molecule has 1 aliphatic carbocycles. The summed E-state index contributed by atoms with van der Waals surface area (Å²) < 4.78 is 14.7. The van der Waals surface area contributed by atoms with Crippen LogP contribution >= 0.6 is 11.6 Å². The minimum Gasteiger partial charge on any atom is -0.307 e. The molecule has 1 N–H and O–H groups in total. The first-order valence-electron chi connectivity index (χ1n) is 5.70. The van der Waals surface area contributed by atoms with E-state index in [1.54, 1.807) is 10.7 Å². The van der Waals surface area contributed by atoms with E-state index in [0.29, 0.717) is 24.1 Å². The van der Waals surface area contributed by atoms with Crippen LogP contribution in [-0.2, 0) is 6.54 Å². The fraction of sp³-hybridized carbons (Fsp3) is 0.364. The lowest BCUT2D eigenvalue weighted by molar-refractivity contribution is 0.623. The van der Waals surface area contributed by atoms with E-state index < -0.39 is 5.82 Å². The van der Waals surface area contributed by atoms with Crippen molar-refractivity contribution < 1.29 is 4.39 Å². The molecule has 0 saturated heterocycles. The Morgan fingerprint density at radius 1 is 1.44 bits per heavy atom. The lowest BCUT2D eigenvalue weighted by atomic mass is 10.3. The minimum absolute atomic E-state index is 0.0594. The lowest BCUT2D eigenvalue weighted by Gasteiger charge is -2.06. The summed E-state index contributed by atoms with van der Waals surface area (Å²) in [4.78, 5) is 0. The Bertz CT molecular complexity index is 566. The summed E-state index contributed by atoms with van der Waals surface area (Å²) in [5.74, 6) is 0.232. The molecule has 1 aromatic carbocycles. The van der Waals surface area contributed by atoms with Gasteiger partial charge in [0.15, 0.2) is 5.82 Å². The van der Waals surface area contributed by atoms with E-state index in [2.05, 4.69) is 20.8 Å². The Morgan fingerprint density at radius 2 is 2.28 bits per heavy atom. The molecule has 0 aliphatic heterocycles. The lowest BCUT2D eigenvalue weighted by Crippen LogP contribution is -2.18. The van der Waals surface area contributed by atoms with Crippen LogP contribution in [0.2, 0.25) is 5.02 Å². The molecule has 0 atom stereocenters. The smallest absolute Gasteiger partial charge is 0.170 e. The van der Waals surface area contributed by atoms with Crippen LogP contribution in [0.15, 0.2) is 18.2 Å². The quantitative estimate of drug-likeness (QED) is 0.916. The van der Waals surface area contributed by atoms with Crippen molar-refractivity contribution >= 4 is 11.6 Å². The van der Waals surface area contributed by atoms with Gasteiger partial charge in [-0.15, -0.1) is 5.10 Å². The maximum absolute atomic E-state index is 13.1. The fourth-order valence-electron chi connectivity index (χ4n) is 1.66. The predicted octanol–water partition coefficient (Wildman–Crippen LogP) is 1.71. The normalized spacial score (nSPS) is 15.0. The summed E-state index contributed by atoms with van der Waals surface area (Å²) >= 11 is 5.75. The highest BCUT2D eigenvalue weighted by Gasteiger charge is 2.21. The van der Waals surface area contributed by atoms with Crippen molar-refractivity contribution in [2.75, 3.05) is 0 Å². The van der Waals surface area contributed by atoms with E-state index in [4.69, 9.17) is 11.6 Å². The van der Waals surface area contributed by atoms with Crippen LogP contribution in [0.5, 0.6) is 0 Å². The number of hydrogen-bond acceptors (Lipinski definition) is 4. The number of rotatable bonds is 4. The van der Waals surface area contributed by atoms with Crippen LogP contribution in [0.25, 0.3) is 5.69 Å². The third-order valence-electron chi connectivity index (χ3n) is 2.81. The topological polar surface area (TPSA) is 55.6 Å². The Balaban J connectivity index is 1.85. The van der Waals surface area contributed by atoms with Crippen LogP contribution in [0.4, 0.5) is 4.39 Å². The van der Waals surface area contributed by atoms with E-state index >= 15 is 0 Å². The SMILES string of the molecule is Fc1ccc(-n2nnnc2CNC2CC2)cc1Cl. The van der Waals surface area contributed by atoms with Crippen LogP contribution in [-0.4, -0.2) is 26.2 Å². The third kappa shape index (κ3) is 2.34. The fourth-order valence-corrected chi connectivity index (χ4v) is 1.83. The zero-order chi connectivity index (χ0) is 12.5. The van der Waals surface area contributed by atoms with Gasteiger partial charge in [0.25, 0.3) is 0 Å². The molecule has 94 valence electrons. The predicted molar refractivity (Wildman–Crippen MR) is 64.0 cm³/mol. The standard InChI is InChI=1S/C11H11ClFN5/c12-9-5-8(3-4-10(9)13)18-11(15-16-17-18)6-14-7-1-2-7/h3-5,7,14H,1-2,6H2. The first-order valence-corrected chi connectivity index (χ1v) is 6.08. The summed E-state index contributed by atoms with van der Waals surface area (Å²) in [6.45, 7) is 0.590. The van der Waals surface area contributed by atoms with E-state index in [-0.39, 0.29) is 5.02 Å². The molecule has 0 radical (unpaired) electrons. The van der Waals surface area contributed by atoms with Crippen LogP contribution < -0.4 is 5.32 Å². The zero-order valence-electron chi connectivity index (χ0n) is 9.48.